The molecular formula is C7H11N3O2. The second-order valence-corrected chi connectivity index (χ2v) is 1.91. The lowest BCUT2D eigenvalue weighted by atomic mass is 10.3. The fraction of sp³-hybridized carbons (Fsp3) is 0.571. The van der Waals surface area contributed by atoms with Gasteiger partial charge in [0, 0.05) is 4.91 Å². The van der Waals surface area contributed by atoms with Crippen LogP contribution in [0.3, 0.4) is 0 Å². The second kappa shape index (κ2) is 6.24. The molecule has 0 rings (SSSR count). The third-order valence-electron chi connectivity index (χ3n) is 1.03. The van der Waals surface area contributed by atoms with Crippen LogP contribution in [0, 0.1) is 0 Å². The monoisotopic (exact) mass is 169 g/mol. The predicted molar refractivity (Wildman–Crippen MR) is 44.2 cm³/mol. The van der Waals surface area contributed by atoms with E-state index >= 15 is 0 Å². The van der Waals surface area contributed by atoms with Gasteiger partial charge in [0.15, 0.2) is 0 Å². The molecule has 0 bridgehead atoms. The lowest BCUT2D eigenvalue weighted by Crippen LogP contribution is -2.05. The zero-order chi connectivity index (χ0) is 9.40. The minimum absolute atomic E-state index is 0.0295. The number of nitrogens with zero attached hydrogens (tertiary/aromatic N) is 3. The van der Waals surface area contributed by atoms with E-state index in [0.29, 0.717) is 6.42 Å². The minimum Gasteiger partial charge on any atom is -0.462 e. The van der Waals surface area contributed by atoms with E-state index in [0.717, 1.165) is 0 Å². The lowest BCUT2D eigenvalue weighted by molar-refractivity contribution is -0.138. The molecule has 0 N–H and O–H groups in total. The van der Waals surface area contributed by atoms with Crippen molar-refractivity contribution < 1.29 is 9.53 Å². The summed E-state index contributed by atoms with van der Waals surface area (Å²) in [6.45, 7) is 3.81. The van der Waals surface area contributed by atoms with Gasteiger partial charge in [-0.15, -0.1) is 0 Å². The summed E-state index contributed by atoms with van der Waals surface area (Å²) in [5.41, 5.74) is 8.12. The van der Waals surface area contributed by atoms with Crippen LogP contribution < -0.4 is 0 Å². The first-order valence-electron chi connectivity index (χ1n) is 3.68. The Morgan fingerprint density at radius 3 is 2.75 bits per heavy atom. The fourth-order valence-electron chi connectivity index (χ4n) is 0.612. The van der Waals surface area contributed by atoms with Crippen molar-refractivity contribution in [3.8, 4) is 0 Å². The molecule has 0 aliphatic heterocycles. The van der Waals surface area contributed by atoms with Gasteiger partial charge in [-0.1, -0.05) is 18.1 Å². The van der Waals surface area contributed by atoms with Crippen LogP contribution in [-0.2, 0) is 9.53 Å². The van der Waals surface area contributed by atoms with Gasteiger partial charge in [-0.2, -0.15) is 0 Å². The summed E-state index contributed by atoms with van der Waals surface area (Å²) in [5.74, 6) is -0.572. The number of allylic oxidation sites excluding steroid dienone is 1. The smallest absolute Gasteiger partial charge is 0.340 e. The van der Waals surface area contributed by atoms with Gasteiger partial charge in [0.2, 0.25) is 0 Å². The number of carbonyl (C=O) groups excluding carboxylic acids is 1. The number of rotatable bonds is 4. The Bertz CT molecular complexity index is 229. The molecule has 0 radical (unpaired) electrons. The Kier molecular flexibility index (Phi) is 5.47. The van der Waals surface area contributed by atoms with Crippen molar-refractivity contribution in [2.45, 2.75) is 20.3 Å². The van der Waals surface area contributed by atoms with Crippen LogP contribution in [0.1, 0.15) is 20.3 Å². The highest BCUT2D eigenvalue weighted by Gasteiger charge is 2.06. The topological polar surface area (TPSA) is 75.1 Å². The quantitative estimate of drug-likeness (QED) is 0.212. The standard InChI is InChI=1S/C7H11N3O2/c1-3-5-6(9-10-8)7(11)12-4-2/h5H,3-4H2,1-2H3. The van der Waals surface area contributed by atoms with E-state index < -0.39 is 5.97 Å². The van der Waals surface area contributed by atoms with Gasteiger partial charge in [0.1, 0.15) is 5.70 Å². The minimum atomic E-state index is -0.572. The molecule has 0 saturated heterocycles. The van der Waals surface area contributed by atoms with E-state index in [1.807, 2.05) is 6.92 Å². The molecule has 0 aliphatic rings. The molecule has 0 atom stereocenters. The molecule has 0 aromatic heterocycles. The van der Waals surface area contributed by atoms with Gasteiger partial charge in [0.05, 0.1) is 6.61 Å². The van der Waals surface area contributed by atoms with Crippen molar-refractivity contribution in [3.63, 3.8) is 0 Å². The highest BCUT2D eigenvalue weighted by atomic mass is 16.5. The van der Waals surface area contributed by atoms with Crippen LogP contribution in [0.4, 0.5) is 0 Å². The SMILES string of the molecule is CCC=C(N=[N+]=[N-])C(=O)OCC. The third-order valence-corrected chi connectivity index (χ3v) is 1.03. The van der Waals surface area contributed by atoms with Gasteiger partial charge < -0.3 is 4.74 Å². The average Bonchev–Trinajstić information content (AvgIpc) is 2.04. The average molecular weight is 169 g/mol. The Hall–Kier alpha value is -1.48. The van der Waals surface area contributed by atoms with E-state index in [-0.39, 0.29) is 12.3 Å². The first kappa shape index (κ1) is 10.5. The van der Waals surface area contributed by atoms with Crippen LogP contribution in [0.15, 0.2) is 16.9 Å². The molecule has 0 spiro atoms. The zero-order valence-corrected chi connectivity index (χ0v) is 7.15. The molecule has 0 saturated carbocycles. The largest absolute Gasteiger partial charge is 0.462 e. The van der Waals surface area contributed by atoms with E-state index in [4.69, 9.17) is 5.53 Å². The highest BCUT2D eigenvalue weighted by Crippen LogP contribution is 2.02. The van der Waals surface area contributed by atoms with Crippen LogP contribution in [0.5, 0.6) is 0 Å². The lowest BCUT2D eigenvalue weighted by Gasteiger charge is -1.99. The van der Waals surface area contributed by atoms with Crippen LogP contribution in [0.25, 0.3) is 10.4 Å². The second-order valence-electron chi connectivity index (χ2n) is 1.91. The molecular weight excluding hydrogens is 158 g/mol. The van der Waals surface area contributed by atoms with Crippen molar-refractivity contribution in [2.24, 2.45) is 5.11 Å². The van der Waals surface area contributed by atoms with Crippen LogP contribution in [-0.4, -0.2) is 12.6 Å². The third kappa shape index (κ3) is 3.63. The molecule has 0 aromatic rings. The molecule has 5 nitrogen and oxygen atoms in total. The van der Waals surface area contributed by atoms with Crippen LogP contribution in [0.2, 0.25) is 0 Å². The van der Waals surface area contributed by atoms with E-state index in [1.165, 1.54) is 6.08 Å². The Morgan fingerprint density at radius 2 is 2.33 bits per heavy atom. The van der Waals surface area contributed by atoms with Crippen molar-refractivity contribution >= 4 is 5.97 Å². The zero-order valence-electron chi connectivity index (χ0n) is 7.15. The number of carbonyl (C=O) groups is 1. The Morgan fingerprint density at radius 1 is 1.67 bits per heavy atom. The molecule has 5 heteroatoms. The molecule has 66 valence electrons. The van der Waals surface area contributed by atoms with E-state index in [2.05, 4.69) is 14.8 Å². The van der Waals surface area contributed by atoms with Crippen molar-refractivity contribution in [3.05, 3.63) is 22.2 Å². The number of esters is 1. The van der Waals surface area contributed by atoms with Gasteiger partial charge in [-0.3, -0.25) is 0 Å². The number of hydrogen-bond donors (Lipinski definition) is 0. The normalized spacial score (nSPS) is 10.3. The molecule has 0 unspecified atom stereocenters. The summed E-state index contributed by atoms with van der Waals surface area (Å²) in [7, 11) is 0. The summed E-state index contributed by atoms with van der Waals surface area (Å²) in [5, 5.41) is 3.20. The number of ether oxygens (including phenoxy) is 1. The summed E-state index contributed by atoms with van der Waals surface area (Å²) in [6.07, 6.45) is 2.16. The molecule has 12 heavy (non-hydrogen) atoms. The molecule has 0 heterocycles. The fourth-order valence-corrected chi connectivity index (χ4v) is 0.612. The van der Waals surface area contributed by atoms with Gasteiger partial charge >= 0.3 is 5.97 Å². The summed E-state index contributed by atoms with van der Waals surface area (Å²) < 4.78 is 4.64. The highest BCUT2D eigenvalue weighted by molar-refractivity contribution is 5.87. The Balaban J connectivity index is 4.40. The maximum Gasteiger partial charge on any atom is 0.340 e. The Labute approximate surface area is 70.6 Å². The summed E-state index contributed by atoms with van der Waals surface area (Å²) in [4.78, 5) is 13.5. The maximum atomic E-state index is 11.0. The molecule has 0 aliphatic carbocycles. The maximum absolute atomic E-state index is 11.0. The summed E-state index contributed by atoms with van der Waals surface area (Å²) >= 11 is 0. The predicted octanol–water partition coefficient (Wildman–Crippen LogP) is 2.15. The number of azide groups is 1. The molecule has 0 fully saturated rings. The van der Waals surface area contributed by atoms with Crippen molar-refractivity contribution in [1.29, 1.82) is 0 Å². The van der Waals surface area contributed by atoms with E-state index in [9.17, 15) is 4.79 Å². The molecule has 0 amide bonds. The summed E-state index contributed by atoms with van der Waals surface area (Å²) in [6, 6.07) is 0. The first-order chi connectivity index (χ1) is 5.76. The van der Waals surface area contributed by atoms with E-state index in [1.54, 1.807) is 6.92 Å². The first-order valence-corrected chi connectivity index (χ1v) is 3.68. The van der Waals surface area contributed by atoms with Crippen molar-refractivity contribution in [2.75, 3.05) is 6.61 Å². The van der Waals surface area contributed by atoms with Gasteiger partial charge in [-0.25, -0.2) is 4.79 Å². The molecule has 0 aromatic carbocycles. The van der Waals surface area contributed by atoms with Crippen LogP contribution >= 0.6 is 0 Å². The van der Waals surface area contributed by atoms with Crippen molar-refractivity contribution in [1.82, 2.24) is 0 Å². The number of hydrogen-bond acceptors (Lipinski definition) is 3. The van der Waals surface area contributed by atoms with Gasteiger partial charge in [0.25, 0.3) is 0 Å². The van der Waals surface area contributed by atoms with Gasteiger partial charge in [-0.05, 0) is 18.9 Å².